The standard InChI is InChI=1S/C10H11IN2O/c1-6(2)14-9-4-3-8-7(10(9)11)5-12-13-8/h3-6H,1-2H3,(H,12,13). The van der Waals surface area contributed by atoms with E-state index in [-0.39, 0.29) is 6.10 Å². The molecule has 74 valence electrons. The fourth-order valence-electron chi connectivity index (χ4n) is 1.31. The Labute approximate surface area is 96.0 Å². The number of rotatable bonds is 2. The average Bonchev–Trinajstić information content (AvgIpc) is 2.57. The predicted octanol–water partition coefficient (Wildman–Crippen LogP) is 2.95. The molecule has 0 aliphatic rings. The summed E-state index contributed by atoms with van der Waals surface area (Å²) >= 11 is 2.28. The van der Waals surface area contributed by atoms with Gasteiger partial charge >= 0.3 is 0 Å². The highest BCUT2D eigenvalue weighted by atomic mass is 127. The average molecular weight is 302 g/mol. The largest absolute Gasteiger partial charge is 0.490 e. The summed E-state index contributed by atoms with van der Waals surface area (Å²) in [5, 5.41) is 8.04. The van der Waals surface area contributed by atoms with Crippen molar-refractivity contribution in [1.82, 2.24) is 10.2 Å². The van der Waals surface area contributed by atoms with Crippen LogP contribution in [0.3, 0.4) is 0 Å². The minimum absolute atomic E-state index is 0.202. The molecule has 1 heterocycles. The van der Waals surface area contributed by atoms with Crippen LogP contribution in [0.25, 0.3) is 10.9 Å². The molecule has 2 rings (SSSR count). The van der Waals surface area contributed by atoms with E-state index in [0.717, 1.165) is 20.2 Å². The van der Waals surface area contributed by atoms with Gasteiger partial charge in [-0.1, -0.05) is 0 Å². The van der Waals surface area contributed by atoms with Crippen molar-refractivity contribution in [3.8, 4) is 5.75 Å². The molecule has 0 saturated heterocycles. The Morgan fingerprint density at radius 3 is 2.93 bits per heavy atom. The second-order valence-electron chi connectivity index (χ2n) is 3.38. The molecule has 0 atom stereocenters. The summed E-state index contributed by atoms with van der Waals surface area (Å²) in [7, 11) is 0. The lowest BCUT2D eigenvalue weighted by molar-refractivity contribution is 0.241. The van der Waals surface area contributed by atoms with Crippen molar-refractivity contribution < 1.29 is 4.74 Å². The molecule has 0 saturated carbocycles. The molecule has 0 aliphatic heterocycles. The molecule has 0 radical (unpaired) electrons. The third-order valence-corrected chi connectivity index (χ3v) is 3.00. The number of aromatic nitrogens is 2. The highest BCUT2D eigenvalue weighted by molar-refractivity contribution is 14.1. The maximum Gasteiger partial charge on any atom is 0.133 e. The van der Waals surface area contributed by atoms with E-state index in [9.17, 15) is 0 Å². The Morgan fingerprint density at radius 2 is 2.21 bits per heavy atom. The van der Waals surface area contributed by atoms with Crippen molar-refractivity contribution in [3.05, 3.63) is 21.9 Å². The first kappa shape index (κ1) is 9.76. The molecular weight excluding hydrogens is 291 g/mol. The van der Waals surface area contributed by atoms with E-state index in [4.69, 9.17) is 4.74 Å². The van der Waals surface area contributed by atoms with E-state index < -0.39 is 0 Å². The van der Waals surface area contributed by atoms with Gasteiger partial charge in [-0.25, -0.2) is 0 Å². The summed E-state index contributed by atoms with van der Waals surface area (Å²) in [6, 6.07) is 3.96. The van der Waals surface area contributed by atoms with Gasteiger partial charge in [-0.3, -0.25) is 5.10 Å². The second-order valence-corrected chi connectivity index (χ2v) is 4.45. The quantitative estimate of drug-likeness (QED) is 0.866. The smallest absolute Gasteiger partial charge is 0.133 e. The van der Waals surface area contributed by atoms with Crippen LogP contribution < -0.4 is 4.74 Å². The number of halogens is 1. The number of hydrogen-bond acceptors (Lipinski definition) is 2. The zero-order valence-electron chi connectivity index (χ0n) is 8.04. The van der Waals surface area contributed by atoms with Gasteiger partial charge in [0.05, 0.1) is 21.4 Å². The molecule has 0 aliphatic carbocycles. The zero-order chi connectivity index (χ0) is 10.1. The molecule has 1 aromatic heterocycles. The van der Waals surface area contributed by atoms with E-state index in [2.05, 4.69) is 32.8 Å². The van der Waals surface area contributed by atoms with E-state index in [0.29, 0.717) is 0 Å². The van der Waals surface area contributed by atoms with Gasteiger partial charge in [0, 0.05) is 5.39 Å². The molecule has 0 unspecified atom stereocenters. The topological polar surface area (TPSA) is 37.9 Å². The Hall–Kier alpha value is -0.780. The highest BCUT2D eigenvalue weighted by Crippen LogP contribution is 2.28. The lowest BCUT2D eigenvalue weighted by Crippen LogP contribution is -2.06. The van der Waals surface area contributed by atoms with Crippen LogP contribution in [0.4, 0.5) is 0 Å². The van der Waals surface area contributed by atoms with E-state index in [1.807, 2.05) is 32.2 Å². The number of nitrogens with one attached hydrogen (secondary N) is 1. The molecule has 1 aromatic carbocycles. The Bertz CT molecular complexity index is 450. The number of benzene rings is 1. The number of hydrogen-bond donors (Lipinski definition) is 1. The summed E-state index contributed by atoms with van der Waals surface area (Å²) in [6.07, 6.45) is 2.03. The van der Waals surface area contributed by atoms with Crippen molar-refractivity contribution in [2.45, 2.75) is 20.0 Å². The SMILES string of the molecule is CC(C)Oc1ccc2[nH]ncc2c1I. The summed E-state index contributed by atoms with van der Waals surface area (Å²) in [5.41, 5.74) is 1.05. The summed E-state index contributed by atoms with van der Waals surface area (Å²) in [6.45, 7) is 4.05. The second kappa shape index (κ2) is 3.76. The summed E-state index contributed by atoms with van der Waals surface area (Å²) < 4.78 is 6.79. The molecule has 0 amide bonds. The zero-order valence-corrected chi connectivity index (χ0v) is 10.2. The monoisotopic (exact) mass is 302 g/mol. The Balaban J connectivity index is 2.51. The minimum Gasteiger partial charge on any atom is -0.490 e. The van der Waals surface area contributed by atoms with Gasteiger partial charge in [0.1, 0.15) is 5.75 Å². The third-order valence-electron chi connectivity index (χ3n) is 1.89. The third kappa shape index (κ3) is 1.70. The Morgan fingerprint density at radius 1 is 1.43 bits per heavy atom. The van der Waals surface area contributed by atoms with Crippen molar-refractivity contribution in [2.75, 3.05) is 0 Å². The van der Waals surface area contributed by atoms with E-state index in [1.54, 1.807) is 0 Å². The van der Waals surface area contributed by atoms with Gasteiger partial charge in [-0.2, -0.15) is 5.10 Å². The fraction of sp³-hybridized carbons (Fsp3) is 0.300. The van der Waals surface area contributed by atoms with Gasteiger partial charge in [-0.05, 0) is 48.6 Å². The van der Waals surface area contributed by atoms with Crippen LogP contribution in [-0.2, 0) is 0 Å². The van der Waals surface area contributed by atoms with Crippen molar-refractivity contribution >= 4 is 33.5 Å². The lowest BCUT2D eigenvalue weighted by Gasteiger charge is -2.11. The number of nitrogens with zero attached hydrogens (tertiary/aromatic N) is 1. The van der Waals surface area contributed by atoms with Gasteiger partial charge in [0.25, 0.3) is 0 Å². The maximum atomic E-state index is 5.67. The molecule has 3 nitrogen and oxygen atoms in total. The van der Waals surface area contributed by atoms with Crippen LogP contribution in [0.2, 0.25) is 0 Å². The first-order chi connectivity index (χ1) is 6.68. The Kier molecular flexibility index (Phi) is 2.62. The first-order valence-corrected chi connectivity index (χ1v) is 5.54. The van der Waals surface area contributed by atoms with Crippen molar-refractivity contribution in [1.29, 1.82) is 0 Å². The van der Waals surface area contributed by atoms with Crippen LogP contribution in [0.5, 0.6) is 5.75 Å². The van der Waals surface area contributed by atoms with Crippen molar-refractivity contribution in [2.24, 2.45) is 0 Å². The molecule has 4 heteroatoms. The maximum absolute atomic E-state index is 5.67. The fourth-order valence-corrected chi connectivity index (χ4v) is 2.04. The molecule has 2 aromatic rings. The molecular formula is C10H11IN2O. The highest BCUT2D eigenvalue weighted by Gasteiger charge is 2.08. The van der Waals surface area contributed by atoms with Crippen LogP contribution in [0, 0.1) is 3.57 Å². The van der Waals surface area contributed by atoms with E-state index >= 15 is 0 Å². The number of ether oxygens (including phenoxy) is 1. The molecule has 1 N–H and O–H groups in total. The lowest BCUT2D eigenvalue weighted by atomic mass is 10.2. The van der Waals surface area contributed by atoms with Crippen molar-refractivity contribution in [3.63, 3.8) is 0 Å². The van der Waals surface area contributed by atoms with Gasteiger partial charge in [0.2, 0.25) is 0 Å². The summed E-state index contributed by atoms with van der Waals surface area (Å²) in [5.74, 6) is 0.925. The minimum atomic E-state index is 0.202. The van der Waals surface area contributed by atoms with E-state index in [1.165, 1.54) is 0 Å². The van der Waals surface area contributed by atoms with Crippen LogP contribution in [0.1, 0.15) is 13.8 Å². The van der Waals surface area contributed by atoms with Crippen LogP contribution in [-0.4, -0.2) is 16.3 Å². The predicted molar refractivity (Wildman–Crippen MR) is 64.6 cm³/mol. The number of H-pyrrole nitrogens is 1. The molecule has 0 spiro atoms. The molecule has 0 fully saturated rings. The summed E-state index contributed by atoms with van der Waals surface area (Å²) in [4.78, 5) is 0. The normalized spacial score (nSPS) is 11.1. The first-order valence-electron chi connectivity index (χ1n) is 4.46. The molecule has 14 heavy (non-hydrogen) atoms. The number of aromatic amines is 1. The van der Waals surface area contributed by atoms with Crippen LogP contribution >= 0.6 is 22.6 Å². The number of fused-ring (bicyclic) bond motifs is 1. The van der Waals surface area contributed by atoms with Crippen LogP contribution in [0.15, 0.2) is 18.3 Å². The molecule has 0 bridgehead atoms. The van der Waals surface area contributed by atoms with Gasteiger partial charge < -0.3 is 4.74 Å². The van der Waals surface area contributed by atoms with Gasteiger partial charge in [0.15, 0.2) is 0 Å². The van der Waals surface area contributed by atoms with Gasteiger partial charge in [-0.15, -0.1) is 0 Å².